The van der Waals surface area contributed by atoms with E-state index in [0.717, 1.165) is 11.3 Å². The van der Waals surface area contributed by atoms with Gasteiger partial charge in [0, 0.05) is 11.7 Å². The van der Waals surface area contributed by atoms with Crippen LogP contribution in [0.15, 0.2) is 48.5 Å². The van der Waals surface area contributed by atoms with Crippen molar-refractivity contribution in [1.82, 2.24) is 0 Å². The average molecular weight is 270 g/mol. The Bertz CT molecular complexity index is 609. The minimum absolute atomic E-state index is 0.149. The van der Waals surface area contributed by atoms with Gasteiger partial charge < -0.3 is 15.8 Å². The molecule has 0 aliphatic carbocycles. The van der Waals surface area contributed by atoms with Crippen LogP contribution < -0.4 is 15.8 Å². The van der Waals surface area contributed by atoms with E-state index in [2.05, 4.69) is 5.32 Å². The first-order chi connectivity index (χ1) is 9.63. The van der Waals surface area contributed by atoms with E-state index in [1.54, 1.807) is 25.3 Å². The largest absolute Gasteiger partial charge is 0.496 e. The summed E-state index contributed by atoms with van der Waals surface area (Å²) in [5.41, 5.74) is 8.02. The summed E-state index contributed by atoms with van der Waals surface area (Å²) < 4.78 is 5.20. The van der Waals surface area contributed by atoms with Gasteiger partial charge in [0.05, 0.1) is 12.7 Å². The number of carbonyl (C=O) groups is 1. The maximum atomic E-state index is 12.3. The van der Waals surface area contributed by atoms with Crippen LogP contribution in [0.2, 0.25) is 0 Å². The zero-order chi connectivity index (χ0) is 14.5. The molecule has 0 aliphatic rings. The molecule has 1 atom stereocenters. The van der Waals surface area contributed by atoms with Gasteiger partial charge in [0.1, 0.15) is 5.75 Å². The standard InChI is InChI=1S/C16H18N2O2/c1-11(17)12-7-3-5-9-14(12)18-16(19)13-8-4-6-10-15(13)20-2/h3-11H,17H2,1-2H3,(H,18,19). The molecule has 0 saturated heterocycles. The van der Waals surface area contributed by atoms with Gasteiger partial charge in [-0.25, -0.2) is 0 Å². The van der Waals surface area contributed by atoms with Crippen molar-refractivity contribution in [2.45, 2.75) is 13.0 Å². The summed E-state index contributed by atoms with van der Waals surface area (Å²) in [7, 11) is 1.54. The van der Waals surface area contributed by atoms with Gasteiger partial charge in [0.2, 0.25) is 0 Å². The van der Waals surface area contributed by atoms with Crippen molar-refractivity contribution in [3.63, 3.8) is 0 Å². The molecule has 0 saturated carbocycles. The van der Waals surface area contributed by atoms with E-state index < -0.39 is 0 Å². The van der Waals surface area contributed by atoms with Gasteiger partial charge in [0.25, 0.3) is 5.91 Å². The molecule has 2 rings (SSSR count). The molecule has 20 heavy (non-hydrogen) atoms. The van der Waals surface area contributed by atoms with Crippen LogP contribution in [0.3, 0.4) is 0 Å². The van der Waals surface area contributed by atoms with Crippen LogP contribution in [-0.4, -0.2) is 13.0 Å². The smallest absolute Gasteiger partial charge is 0.259 e. The number of hydrogen-bond acceptors (Lipinski definition) is 3. The third-order valence-electron chi connectivity index (χ3n) is 3.05. The molecule has 2 aromatic rings. The van der Waals surface area contributed by atoms with Crippen LogP contribution in [0.4, 0.5) is 5.69 Å². The number of nitrogens with one attached hydrogen (secondary N) is 1. The number of rotatable bonds is 4. The molecular formula is C16H18N2O2. The van der Waals surface area contributed by atoms with Crippen molar-refractivity contribution >= 4 is 11.6 Å². The second kappa shape index (κ2) is 6.21. The van der Waals surface area contributed by atoms with Crippen LogP contribution in [-0.2, 0) is 0 Å². The van der Waals surface area contributed by atoms with E-state index in [1.165, 1.54) is 0 Å². The predicted molar refractivity (Wildman–Crippen MR) is 80.0 cm³/mol. The highest BCUT2D eigenvalue weighted by Gasteiger charge is 2.14. The fourth-order valence-electron chi connectivity index (χ4n) is 2.03. The van der Waals surface area contributed by atoms with Crippen LogP contribution in [0.1, 0.15) is 28.9 Å². The molecule has 4 heteroatoms. The first kappa shape index (κ1) is 14.1. The second-order valence-corrected chi connectivity index (χ2v) is 4.53. The van der Waals surface area contributed by atoms with Gasteiger partial charge in [0.15, 0.2) is 0 Å². The fraction of sp³-hybridized carbons (Fsp3) is 0.188. The van der Waals surface area contributed by atoms with Crippen LogP contribution in [0.25, 0.3) is 0 Å². The number of amides is 1. The number of methoxy groups -OCH3 is 1. The van der Waals surface area contributed by atoms with Crippen LogP contribution >= 0.6 is 0 Å². The highest BCUT2D eigenvalue weighted by Crippen LogP contribution is 2.23. The van der Waals surface area contributed by atoms with Crippen LogP contribution in [0.5, 0.6) is 5.75 Å². The monoisotopic (exact) mass is 270 g/mol. The lowest BCUT2D eigenvalue weighted by Gasteiger charge is -2.14. The highest BCUT2D eigenvalue weighted by atomic mass is 16.5. The minimum Gasteiger partial charge on any atom is -0.496 e. The molecular weight excluding hydrogens is 252 g/mol. The molecule has 1 amide bonds. The molecule has 3 N–H and O–H groups in total. The minimum atomic E-state index is -0.212. The molecule has 0 heterocycles. The van der Waals surface area contributed by atoms with Gasteiger partial charge in [-0.05, 0) is 30.7 Å². The Morgan fingerprint density at radius 3 is 2.50 bits per heavy atom. The lowest BCUT2D eigenvalue weighted by atomic mass is 10.1. The maximum absolute atomic E-state index is 12.3. The van der Waals surface area contributed by atoms with E-state index in [0.29, 0.717) is 11.3 Å². The van der Waals surface area contributed by atoms with Gasteiger partial charge >= 0.3 is 0 Å². The quantitative estimate of drug-likeness (QED) is 0.897. The van der Waals surface area contributed by atoms with Crippen molar-refractivity contribution in [1.29, 1.82) is 0 Å². The van der Waals surface area contributed by atoms with E-state index in [4.69, 9.17) is 10.5 Å². The Hall–Kier alpha value is -2.33. The van der Waals surface area contributed by atoms with E-state index in [-0.39, 0.29) is 11.9 Å². The molecule has 0 bridgehead atoms. The number of nitrogens with two attached hydrogens (primary N) is 1. The zero-order valence-corrected chi connectivity index (χ0v) is 11.6. The summed E-state index contributed by atoms with van der Waals surface area (Å²) in [6.45, 7) is 1.88. The fourth-order valence-corrected chi connectivity index (χ4v) is 2.03. The maximum Gasteiger partial charge on any atom is 0.259 e. The van der Waals surface area contributed by atoms with Crippen molar-refractivity contribution in [2.24, 2.45) is 5.73 Å². The van der Waals surface area contributed by atoms with Crippen molar-refractivity contribution in [2.75, 3.05) is 12.4 Å². The van der Waals surface area contributed by atoms with Gasteiger partial charge in [-0.2, -0.15) is 0 Å². The van der Waals surface area contributed by atoms with Gasteiger partial charge in [-0.15, -0.1) is 0 Å². The molecule has 0 fully saturated rings. The molecule has 4 nitrogen and oxygen atoms in total. The molecule has 0 radical (unpaired) electrons. The second-order valence-electron chi connectivity index (χ2n) is 4.53. The van der Waals surface area contributed by atoms with Crippen molar-refractivity contribution < 1.29 is 9.53 Å². The van der Waals surface area contributed by atoms with Crippen LogP contribution in [0, 0.1) is 0 Å². The molecule has 2 aromatic carbocycles. The summed E-state index contributed by atoms with van der Waals surface area (Å²) >= 11 is 0. The van der Waals surface area contributed by atoms with Crippen molar-refractivity contribution in [3.05, 3.63) is 59.7 Å². The Morgan fingerprint density at radius 1 is 1.15 bits per heavy atom. The Kier molecular flexibility index (Phi) is 4.38. The van der Waals surface area contributed by atoms with E-state index in [9.17, 15) is 4.79 Å². The summed E-state index contributed by atoms with van der Waals surface area (Å²) in [5, 5.41) is 2.88. The van der Waals surface area contributed by atoms with Gasteiger partial charge in [-0.3, -0.25) is 4.79 Å². The van der Waals surface area contributed by atoms with Gasteiger partial charge in [-0.1, -0.05) is 30.3 Å². The van der Waals surface area contributed by atoms with Crippen molar-refractivity contribution in [3.8, 4) is 5.75 Å². The number of para-hydroxylation sites is 2. The number of carbonyl (C=O) groups excluding carboxylic acids is 1. The Balaban J connectivity index is 2.28. The first-order valence-corrected chi connectivity index (χ1v) is 6.42. The lowest BCUT2D eigenvalue weighted by Crippen LogP contribution is -2.16. The third kappa shape index (κ3) is 2.97. The molecule has 0 spiro atoms. The Labute approximate surface area is 118 Å². The number of benzene rings is 2. The zero-order valence-electron chi connectivity index (χ0n) is 11.6. The van der Waals surface area contributed by atoms with E-state index >= 15 is 0 Å². The summed E-state index contributed by atoms with van der Waals surface area (Å²) in [6.07, 6.45) is 0. The molecule has 0 aliphatic heterocycles. The average Bonchev–Trinajstić information content (AvgIpc) is 2.47. The first-order valence-electron chi connectivity index (χ1n) is 6.42. The highest BCUT2D eigenvalue weighted by molar-refractivity contribution is 6.06. The topological polar surface area (TPSA) is 64.3 Å². The summed E-state index contributed by atoms with van der Waals surface area (Å²) in [5.74, 6) is 0.332. The number of hydrogen-bond donors (Lipinski definition) is 2. The third-order valence-corrected chi connectivity index (χ3v) is 3.05. The molecule has 0 aromatic heterocycles. The summed E-state index contributed by atoms with van der Waals surface area (Å²) in [6, 6.07) is 14.5. The molecule has 104 valence electrons. The molecule has 1 unspecified atom stereocenters. The Morgan fingerprint density at radius 2 is 1.80 bits per heavy atom. The van der Waals surface area contributed by atoms with E-state index in [1.807, 2.05) is 37.3 Å². The number of ether oxygens (including phenoxy) is 1. The summed E-state index contributed by atoms with van der Waals surface area (Å²) in [4.78, 5) is 12.3. The SMILES string of the molecule is COc1ccccc1C(=O)Nc1ccccc1C(C)N. The normalized spacial score (nSPS) is 11.8. The predicted octanol–water partition coefficient (Wildman–Crippen LogP) is 2.97. The lowest BCUT2D eigenvalue weighted by molar-refractivity contribution is 0.102. The number of anilines is 1.